The molecule has 0 bridgehead atoms. The van der Waals surface area contributed by atoms with Crippen LogP contribution < -0.4 is 25.2 Å². The van der Waals surface area contributed by atoms with E-state index < -0.39 is 12.0 Å². The van der Waals surface area contributed by atoms with Crippen molar-refractivity contribution in [2.24, 2.45) is 5.92 Å². The maximum atomic E-state index is 13.6. The third kappa shape index (κ3) is 9.06. The zero-order valence-electron chi connectivity index (χ0n) is 24.3. The predicted molar refractivity (Wildman–Crippen MR) is 166 cm³/mol. The Morgan fingerprint density at radius 1 is 0.884 bits per heavy atom. The molecular formula is C33H38N4O6. The minimum atomic E-state index is -1.11. The average molecular weight is 587 g/mol. The van der Waals surface area contributed by atoms with Gasteiger partial charge in [0.25, 0.3) is 5.91 Å². The van der Waals surface area contributed by atoms with Gasteiger partial charge in [-0.25, -0.2) is 9.59 Å². The maximum absolute atomic E-state index is 13.6. The van der Waals surface area contributed by atoms with E-state index in [0.717, 1.165) is 24.9 Å². The van der Waals surface area contributed by atoms with Crippen LogP contribution in [0.1, 0.15) is 48.9 Å². The Labute approximate surface area is 251 Å². The van der Waals surface area contributed by atoms with Gasteiger partial charge in [-0.2, -0.15) is 0 Å². The first kappa shape index (κ1) is 31.1. The number of hydrogen-bond donors (Lipinski definition) is 3. The zero-order valence-corrected chi connectivity index (χ0v) is 24.3. The molecule has 0 radical (unpaired) electrons. The third-order valence-corrected chi connectivity index (χ3v) is 7.58. The van der Waals surface area contributed by atoms with E-state index in [-0.39, 0.29) is 30.5 Å². The van der Waals surface area contributed by atoms with E-state index in [1.165, 1.54) is 42.4 Å². The predicted octanol–water partition coefficient (Wildman–Crippen LogP) is 5.55. The lowest BCUT2D eigenvalue weighted by molar-refractivity contribution is -0.120. The quantitative estimate of drug-likeness (QED) is 0.255. The molecule has 1 fully saturated rings. The van der Waals surface area contributed by atoms with Gasteiger partial charge in [0.05, 0.1) is 17.8 Å². The summed E-state index contributed by atoms with van der Waals surface area (Å²) in [7, 11) is 1.68. The molecule has 1 aliphatic carbocycles. The normalized spacial score (nSPS) is 13.0. The lowest BCUT2D eigenvalue weighted by Gasteiger charge is -2.29. The molecule has 3 aromatic rings. The van der Waals surface area contributed by atoms with E-state index in [4.69, 9.17) is 4.74 Å². The number of amides is 4. The molecule has 0 atom stereocenters. The summed E-state index contributed by atoms with van der Waals surface area (Å²) in [6.45, 7) is -0.0754. The van der Waals surface area contributed by atoms with E-state index >= 15 is 0 Å². The number of nitrogens with zero attached hydrogens (tertiary/aromatic N) is 2. The molecule has 1 aliphatic rings. The zero-order chi connectivity index (χ0) is 30.6. The highest BCUT2D eigenvalue weighted by Gasteiger charge is 2.23. The van der Waals surface area contributed by atoms with E-state index in [1.54, 1.807) is 42.3 Å². The number of nitrogens with one attached hydrogen (secondary N) is 2. The summed E-state index contributed by atoms with van der Waals surface area (Å²) < 4.78 is 5.97. The van der Waals surface area contributed by atoms with Gasteiger partial charge in [-0.15, -0.1) is 0 Å². The van der Waals surface area contributed by atoms with Crippen LogP contribution in [0.25, 0.3) is 0 Å². The van der Waals surface area contributed by atoms with Gasteiger partial charge in [0.15, 0.2) is 6.61 Å². The van der Waals surface area contributed by atoms with Gasteiger partial charge >= 0.3 is 12.0 Å². The summed E-state index contributed by atoms with van der Waals surface area (Å²) in [6.07, 6.45) is 6.65. The molecule has 0 saturated heterocycles. The Morgan fingerprint density at radius 3 is 2.35 bits per heavy atom. The second-order valence-electron chi connectivity index (χ2n) is 10.6. The van der Waals surface area contributed by atoms with E-state index in [2.05, 4.69) is 10.6 Å². The fraction of sp³-hybridized carbons (Fsp3) is 0.333. The SMILES string of the molecule is CN(C(=O)COc1ccccc1N(CCC1CCCCC1)C(=O)CNC(=O)Nc1cccc(C(=O)O)c1)c1ccccc1. The Bertz CT molecular complexity index is 1410. The minimum absolute atomic E-state index is 0.0350. The number of ether oxygens (including phenoxy) is 1. The summed E-state index contributed by atoms with van der Waals surface area (Å²) in [4.78, 5) is 53.4. The first-order valence-electron chi connectivity index (χ1n) is 14.5. The Hall–Kier alpha value is -4.86. The first-order chi connectivity index (χ1) is 20.8. The Balaban J connectivity index is 1.44. The molecule has 43 heavy (non-hydrogen) atoms. The maximum Gasteiger partial charge on any atom is 0.335 e. The van der Waals surface area contributed by atoms with Crippen LogP contribution in [0, 0.1) is 5.92 Å². The second kappa shape index (κ2) is 15.4. The largest absolute Gasteiger partial charge is 0.482 e. The van der Waals surface area contributed by atoms with Crippen molar-refractivity contribution in [2.45, 2.75) is 38.5 Å². The van der Waals surface area contributed by atoms with Crippen molar-refractivity contribution in [1.29, 1.82) is 0 Å². The van der Waals surface area contributed by atoms with E-state index in [1.807, 2.05) is 30.3 Å². The minimum Gasteiger partial charge on any atom is -0.482 e. The number of likely N-dealkylation sites (N-methyl/N-ethyl adjacent to an activating group) is 1. The first-order valence-corrected chi connectivity index (χ1v) is 14.5. The topological polar surface area (TPSA) is 128 Å². The van der Waals surface area contributed by atoms with Crippen LogP contribution in [0.4, 0.5) is 21.9 Å². The summed E-state index contributed by atoms with van der Waals surface area (Å²) in [5.74, 6) is -0.789. The number of anilines is 3. The van der Waals surface area contributed by atoms with Crippen LogP contribution in [0.15, 0.2) is 78.9 Å². The summed E-state index contributed by atoms with van der Waals surface area (Å²) >= 11 is 0. The number of urea groups is 1. The highest BCUT2D eigenvalue weighted by atomic mass is 16.5. The highest BCUT2D eigenvalue weighted by Crippen LogP contribution is 2.31. The van der Waals surface area contributed by atoms with Gasteiger partial charge in [0.1, 0.15) is 5.75 Å². The average Bonchev–Trinajstić information content (AvgIpc) is 3.03. The van der Waals surface area contributed by atoms with Crippen molar-refractivity contribution in [1.82, 2.24) is 5.32 Å². The van der Waals surface area contributed by atoms with Gasteiger partial charge in [0.2, 0.25) is 5.91 Å². The third-order valence-electron chi connectivity index (χ3n) is 7.58. The van der Waals surface area contributed by atoms with Gasteiger partial charge in [-0.1, -0.05) is 68.5 Å². The fourth-order valence-electron chi connectivity index (χ4n) is 5.16. The van der Waals surface area contributed by atoms with Crippen LogP contribution in [0.2, 0.25) is 0 Å². The summed E-state index contributed by atoms with van der Waals surface area (Å²) in [5, 5.41) is 14.3. The molecular weight excluding hydrogens is 548 g/mol. The summed E-state index contributed by atoms with van der Waals surface area (Å²) in [5.41, 5.74) is 1.60. The van der Waals surface area contributed by atoms with Gasteiger partial charge < -0.3 is 30.3 Å². The smallest absolute Gasteiger partial charge is 0.335 e. The molecule has 226 valence electrons. The Kier molecular flexibility index (Phi) is 11.1. The molecule has 4 amide bonds. The molecule has 0 aliphatic heterocycles. The van der Waals surface area contributed by atoms with Crippen molar-refractivity contribution in [3.63, 3.8) is 0 Å². The number of carboxylic acid groups (broad SMARTS) is 1. The second-order valence-corrected chi connectivity index (χ2v) is 10.6. The Morgan fingerprint density at radius 2 is 1.60 bits per heavy atom. The highest BCUT2D eigenvalue weighted by molar-refractivity contribution is 6.00. The molecule has 0 spiro atoms. The standard InChI is InChI=1S/C33H38N4O6/c1-36(27-15-6-3-7-16-27)31(39)23-43-29-18-9-8-17-28(29)37(20-19-24-11-4-2-5-12-24)30(38)22-34-33(42)35-26-14-10-13-25(21-26)32(40)41/h3,6-10,13-18,21,24H,2,4-5,11-12,19-20,22-23H2,1H3,(H,40,41)(H2,34,35,42). The molecule has 0 heterocycles. The van der Waals surface area contributed by atoms with Crippen LogP contribution in [-0.2, 0) is 9.59 Å². The number of carbonyl (C=O) groups is 4. The lowest BCUT2D eigenvalue weighted by Crippen LogP contribution is -2.42. The van der Waals surface area contributed by atoms with Crippen LogP contribution in [0.3, 0.4) is 0 Å². The van der Waals surface area contributed by atoms with Crippen molar-refractivity contribution < 1.29 is 29.0 Å². The monoisotopic (exact) mass is 586 g/mol. The molecule has 4 rings (SSSR count). The van der Waals surface area contributed by atoms with Crippen molar-refractivity contribution in [3.05, 3.63) is 84.4 Å². The van der Waals surface area contributed by atoms with Crippen molar-refractivity contribution in [3.8, 4) is 5.75 Å². The number of rotatable bonds is 12. The summed E-state index contributed by atoms with van der Waals surface area (Å²) in [6, 6.07) is 21.6. The van der Waals surface area contributed by atoms with Crippen molar-refractivity contribution >= 4 is 40.9 Å². The molecule has 3 N–H and O–H groups in total. The van der Waals surface area contributed by atoms with Crippen LogP contribution >= 0.6 is 0 Å². The number of carboxylic acids is 1. The van der Waals surface area contributed by atoms with Gasteiger partial charge in [-0.3, -0.25) is 9.59 Å². The number of carbonyl (C=O) groups excluding carboxylic acids is 3. The number of aromatic carboxylic acids is 1. The number of para-hydroxylation sites is 3. The molecule has 0 aromatic heterocycles. The molecule has 10 heteroatoms. The molecule has 1 saturated carbocycles. The molecule has 0 unspecified atom stereocenters. The van der Waals surface area contributed by atoms with Crippen LogP contribution in [0.5, 0.6) is 5.75 Å². The van der Waals surface area contributed by atoms with Gasteiger partial charge in [0, 0.05) is 25.0 Å². The van der Waals surface area contributed by atoms with Gasteiger partial charge in [-0.05, 0) is 54.8 Å². The molecule has 10 nitrogen and oxygen atoms in total. The number of benzene rings is 3. The van der Waals surface area contributed by atoms with E-state index in [9.17, 15) is 24.3 Å². The lowest BCUT2D eigenvalue weighted by atomic mass is 9.87. The van der Waals surface area contributed by atoms with E-state index in [0.29, 0.717) is 29.6 Å². The van der Waals surface area contributed by atoms with Crippen molar-refractivity contribution in [2.75, 3.05) is 41.9 Å². The fourth-order valence-corrected chi connectivity index (χ4v) is 5.16. The van der Waals surface area contributed by atoms with Crippen LogP contribution in [-0.4, -0.2) is 55.7 Å². The molecule has 3 aromatic carbocycles. The number of hydrogen-bond acceptors (Lipinski definition) is 5.